The highest BCUT2D eigenvalue weighted by Gasteiger charge is 2.17. The van der Waals surface area contributed by atoms with Crippen LogP contribution in [0.1, 0.15) is 28.9 Å². The molecule has 0 saturated heterocycles. The van der Waals surface area contributed by atoms with Gasteiger partial charge in [0.05, 0.1) is 19.2 Å². The normalized spacial score (nSPS) is 10.1. The molecular weight excluding hydrogens is 230 g/mol. The topological polar surface area (TPSA) is 63.0 Å². The molecular formula is C11H10F2N2O2. The first-order valence-electron chi connectivity index (χ1n) is 4.75. The summed E-state index contributed by atoms with van der Waals surface area (Å²) in [5.74, 6) is -0.592. The molecule has 0 aliphatic heterocycles. The fourth-order valence-corrected chi connectivity index (χ4v) is 1.33. The van der Waals surface area contributed by atoms with Gasteiger partial charge in [-0.1, -0.05) is 0 Å². The smallest absolute Gasteiger partial charge is 0.311 e. The highest BCUT2D eigenvalue weighted by molar-refractivity contribution is 5.72. The number of alkyl halides is 2. The molecule has 1 aromatic heterocycles. The number of nitrogens with zero attached hydrogens (tertiary/aromatic N) is 2. The second kappa shape index (κ2) is 5.34. The number of hydrogen-bond acceptors (Lipinski definition) is 4. The summed E-state index contributed by atoms with van der Waals surface area (Å²) < 4.78 is 29.8. The van der Waals surface area contributed by atoms with Crippen LogP contribution < -0.4 is 0 Å². The Labute approximate surface area is 96.8 Å². The van der Waals surface area contributed by atoms with E-state index in [9.17, 15) is 13.6 Å². The number of ether oxygens (including phenoxy) is 1. The maximum Gasteiger partial charge on any atom is 0.311 e. The van der Waals surface area contributed by atoms with Crippen LogP contribution in [0.2, 0.25) is 0 Å². The molecule has 0 fully saturated rings. The van der Waals surface area contributed by atoms with Gasteiger partial charge in [0.25, 0.3) is 6.43 Å². The highest BCUT2D eigenvalue weighted by Crippen LogP contribution is 2.24. The van der Waals surface area contributed by atoms with E-state index in [1.807, 2.05) is 0 Å². The first-order chi connectivity index (χ1) is 7.99. The van der Waals surface area contributed by atoms with Crippen molar-refractivity contribution in [2.45, 2.75) is 19.8 Å². The van der Waals surface area contributed by atoms with Gasteiger partial charge < -0.3 is 4.74 Å². The van der Waals surface area contributed by atoms with Gasteiger partial charge in [-0.3, -0.25) is 4.79 Å². The first-order valence-corrected chi connectivity index (χ1v) is 4.75. The summed E-state index contributed by atoms with van der Waals surface area (Å²) >= 11 is 0. The monoisotopic (exact) mass is 240 g/mol. The Bertz CT molecular complexity index is 481. The van der Waals surface area contributed by atoms with E-state index in [0.29, 0.717) is 0 Å². The third kappa shape index (κ3) is 2.97. The summed E-state index contributed by atoms with van der Waals surface area (Å²) in [7, 11) is 1.19. The third-order valence-corrected chi connectivity index (χ3v) is 2.26. The van der Waals surface area contributed by atoms with E-state index in [2.05, 4.69) is 9.72 Å². The van der Waals surface area contributed by atoms with Crippen LogP contribution in [-0.2, 0) is 16.0 Å². The lowest BCUT2D eigenvalue weighted by atomic mass is 10.1. The van der Waals surface area contributed by atoms with Gasteiger partial charge >= 0.3 is 5.97 Å². The SMILES string of the molecule is COC(=O)Cc1cc(C(F)F)c(C)c(C#N)n1. The number of carbonyl (C=O) groups excluding carboxylic acids is 1. The molecule has 0 N–H and O–H groups in total. The Kier molecular flexibility index (Phi) is 4.10. The quantitative estimate of drug-likeness (QED) is 0.757. The van der Waals surface area contributed by atoms with Crippen molar-refractivity contribution in [3.63, 3.8) is 0 Å². The summed E-state index contributed by atoms with van der Waals surface area (Å²) in [5, 5.41) is 8.77. The summed E-state index contributed by atoms with van der Waals surface area (Å²) in [4.78, 5) is 14.8. The number of esters is 1. The highest BCUT2D eigenvalue weighted by atomic mass is 19.3. The van der Waals surface area contributed by atoms with Gasteiger partial charge in [0.1, 0.15) is 11.8 Å². The molecule has 0 atom stereocenters. The predicted octanol–water partition coefficient (Wildman–Crippen LogP) is 1.91. The molecule has 1 aromatic rings. The van der Waals surface area contributed by atoms with Crippen molar-refractivity contribution in [1.82, 2.24) is 4.98 Å². The minimum atomic E-state index is -2.71. The lowest BCUT2D eigenvalue weighted by Gasteiger charge is -2.08. The molecule has 0 bridgehead atoms. The van der Waals surface area contributed by atoms with Crippen molar-refractivity contribution in [3.8, 4) is 6.07 Å². The molecule has 0 aromatic carbocycles. The average Bonchev–Trinajstić information content (AvgIpc) is 2.30. The molecule has 0 aliphatic rings. The number of rotatable bonds is 3. The van der Waals surface area contributed by atoms with Crippen molar-refractivity contribution in [1.29, 1.82) is 5.26 Å². The van der Waals surface area contributed by atoms with E-state index in [-0.39, 0.29) is 28.9 Å². The second-order valence-corrected chi connectivity index (χ2v) is 3.34. The molecule has 0 radical (unpaired) electrons. The molecule has 0 spiro atoms. The number of methoxy groups -OCH3 is 1. The van der Waals surface area contributed by atoms with Crippen LogP contribution in [-0.4, -0.2) is 18.1 Å². The van der Waals surface area contributed by atoms with Crippen LogP contribution >= 0.6 is 0 Å². The third-order valence-electron chi connectivity index (χ3n) is 2.26. The fourth-order valence-electron chi connectivity index (χ4n) is 1.33. The molecule has 0 saturated carbocycles. The molecule has 17 heavy (non-hydrogen) atoms. The van der Waals surface area contributed by atoms with Gasteiger partial charge in [-0.25, -0.2) is 13.8 Å². The van der Waals surface area contributed by atoms with Crippen LogP contribution in [0.4, 0.5) is 8.78 Å². The number of carbonyl (C=O) groups is 1. The molecule has 1 rings (SSSR count). The molecule has 4 nitrogen and oxygen atoms in total. The van der Waals surface area contributed by atoms with Gasteiger partial charge in [0.2, 0.25) is 0 Å². The Morgan fingerprint density at radius 2 is 2.29 bits per heavy atom. The van der Waals surface area contributed by atoms with E-state index in [4.69, 9.17) is 5.26 Å². The van der Waals surface area contributed by atoms with Gasteiger partial charge in [-0.2, -0.15) is 5.26 Å². The van der Waals surface area contributed by atoms with Gasteiger partial charge in [0, 0.05) is 5.56 Å². The lowest BCUT2D eigenvalue weighted by molar-refractivity contribution is -0.139. The minimum absolute atomic E-state index is 0.0956. The number of halogens is 2. The Morgan fingerprint density at radius 3 is 2.76 bits per heavy atom. The van der Waals surface area contributed by atoms with E-state index >= 15 is 0 Å². The maximum atomic E-state index is 12.7. The zero-order valence-electron chi connectivity index (χ0n) is 9.33. The molecule has 0 amide bonds. The summed E-state index contributed by atoms with van der Waals surface area (Å²) in [6.45, 7) is 1.40. The van der Waals surface area contributed by atoms with Crippen molar-refractivity contribution in [2.24, 2.45) is 0 Å². The summed E-state index contributed by atoms with van der Waals surface area (Å²) in [6, 6.07) is 2.85. The number of aromatic nitrogens is 1. The number of pyridine rings is 1. The Balaban J connectivity index is 3.21. The van der Waals surface area contributed by atoms with Gasteiger partial charge in [-0.15, -0.1) is 0 Å². The van der Waals surface area contributed by atoms with Crippen LogP contribution in [0.3, 0.4) is 0 Å². The molecule has 0 unspecified atom stereocenters. The van der Waals surface area contributed by atoms with Crippen LogP contribution in [0, 0.1) is 18.3 Å². The zero-order valence-corrected chi connectivity index (χ0v) is 9.33. The fraction of sp³-hybridized carbons (Fsp3) is 0.364. The minimum Gasteiger partial charge on any atom is -0.469 e. The number of hydrogen-bond donors (Lipinski definition) is 0. The van der Waals surface area contributed by atoms with E-state index in [1.54, 1.807) is 6.07 Å². The Hall–Kier alpha value is -2.03. The van der Waals surface area contributed by atoms with Crippen molar-refractivity contribution < 1.29 is 18.3 Å². The average molecular weight is 240 g/mol. The van der Waals surface area contributed by atoms with Gasteiger partial charge in [-0.05, 0) is 18.6 Å². The molecule has 0 aliphatic carbocycles. The van der Waals surface area contributed by atoms with Crippen LogP contribution in [0.5, 0.6) is 0 Å². The number of nitriles is 1. The van der Waals surface area contributed by atoms with Gasteiger partial charge in [0.15, 0.2) is 0 Å². The summed E-state index contributed by atoms with van der Waals surface area (Å²) in [5.41, 5.74) is -0.137. The second-order valence-electron chi connectivity index (χ2n) is 3.34. The lowest BCUT2D eigenvalue weighted by Crippen LogP contribution is -2.09. The standard InChI is InChI=1S/C11H10F2N2O2/c1-6-8(11(12)13)3-7(4-10(16)17-2)15-9(6)5-14/h3,11H,4H2,1-2H3. The van der Waals surface area contributed by atoms with E-state index < -0.39 is 12.4 Å². The molecule has 6 heteroatoms. The first kappa shape index (κ1) is 13.0. The molecule has 90 valence electrons. The van der Waals surface area contributed by atoms with Crippen LogP contribution in [0.15, 0.2) is 6.07 Å². The molecule has 1 heterocycles. The van der Waals surface area contributed by atoms with Crippen molar-refractivity contribution in [2.75, 3.05) is 7.11 Å². The van der Waals surface area contributed by atoms with Crippen molar-refractivity contribution in [3.05, 3.63) is 28.6 Å². The maximum absolute atomic E-state index is 12.7. The predicted molar refractivity (Wildman–Crippen MR) is 54.4 cm³/mol. The summed E-state index contributed by atoms with van der Waals surface area (Å²) in [6.07, 6.45) is -2.94. The van der Waals surface area contributed by atoms with Crippen molar-refractivity contribution >= 4 is 5.97 Å². The van der Waals surface area contributed by atoms with E-state index in [1.165, 1.54) is 14.0 Å². The Morgan fingerprint density at radius 1 is 1.65 bits per heavy atom. The van der Waals surface area contributed by atoms with E-state index in [0.717, 1.165) is 6.07 Å². The van der Waals surface area contributed by atoms with Crippen LogP contribution in [0.25, 0.3) is 0 Å². The zero-order chi connectivity index (χ0) is 13.0. The largest absolute Gasteiger partial charge is 0.469 e.